The van der Waals surface area contributed by atoms with Gasteiger partial charge in [0, 0.05) is 52.9 Å². The lowest BCUT2D eigenvalue weighted by Crippen LogP contribution is -2.49. The Morgan fingerprint density at radius 1 is 0.333 bits per heavy atom. The molecular formula is C91H170O8. The van der Waals surface area contributed by atoms with E-state index in [2.05, 4.69) is 152 Å². The quantitative estimate of drug-likeness (QED) is 0.119. The van der Waals surface area contributed by atoms with E-state index in [1.807, 2.05) is 0 Å². The third kappa shape index (κ3) is 23.6. The summed E-state index contributed by atoms with van der Waals surface area (Å²) in [6.07, 6.45) is 49.8. The van der Waals surface area contributed by atoms with Gasteiger partial charge in [-0.15, -0.1) is 0 Å². The maximum Gasteiger partial charge on any atom is 0.0682 e. The van der Waals surface area contributed by atoms with Gasteiger partial charge < -0.3 is 37.9 Å². The van der Waals surface area contributed by atoms with Crippen molar-refractivity contribution in [3.8, 4) is 0 Å². The minimum atomic E-state index is 0.359. The van der Waals surface area contributed by atoms with Crippen LogP contribution in [0, 0.1) is 114 Å². The Kier molecular flexibility index (Phi) is 33.6. The van der Waals surface area contributed by atoms with E-state index in [4.69, 9.17) is 37.9 Å². The van der Waals surface area contributed by atoms with Crippen molar-refractivity contribution in [1.29, 1.82) is 0 Å². The molecule has 12 bridgehead atoms. The molecule has 0 amide bonds. The van der Waals surface area contributed by atoms with E-state index in [0.29, 0.717) is 79.3 Å². The number of rotatable bonds is 20. The smallest absolute Gasteiger partial charge is 0.0682 e. The summed E-state index contributed by atoms with van der Waals surface area (Å²) < 4.78 is 46.0. The summed E-state index contributed by atoms with van der Waals surface area (Å²) in [5.74, 6) is 11.0. The molecule has 0 aromatic heterocycles. The first kappa shape index (κ1) is 85.9. The monoisotopic (exact) mass is 1390 g/mol. The maximum absolute atomic E-state index is 5.96. The van der Waals surface area contributed by atoms with Gasteiger partial charge >= 0.3 is 0 Å². The van der Waals surface area contributed by atoms with Gasteiger partial charge in [-0.2, -0.15) is 0 Å². The summed E-state index contributed by atoms with van der Waals surface area (Å²) in [7, 11) is 0. The second-order valence-electron chi connectivity index (χ2n) is 40.6. The molecule has 7 atom stereocenters. The Morgan fingerprint density at radius 3 is 1.22 bits per heavy atom. The molecule has 8 heteroatoms. The lowest BCUT2D eigenvalue weighted by molar-refractivity contribution is -0.123. The van der Waals surface area contributed by atoms with Gasteiger partial charge in [0.1, 0.15) is 0 Å². The number of hydrogen-bond acceptors (Lipinski definition) is 8. The van der Waals surface area contributed by atoms with Crippen molar-refractivity contribution in [2.75, 3.05) is 72.7 Å². The molecule has 8 nitrogen and oxygen atoms in total. The second-order valence-corrected chi connectivity index (χ2v) is 40.6. The van der Waals surface area contributed by atoms with Crippen LogP contribution < -0.4 is 0 Å². The fourth-order valence-corrected chi connectivity index (χ4v) is 25.6. The zero-order chi connectivity index (χ0) is 72.5. The van der Waals surface area contributed by atoms with E-state index in [-0.39, 0.29) is 0 Å². The van der Waals surface area contributed by atoms with E-state index in [0.717, 1.165) is 138 Å². The highest BCUT2D eigenvalue weighted by atomic mass is 16.5. The van der Waals surface area contributed by atoms with Gasteiger partial charge in [-0.25, -0.2) is 0 Å². The lowest BCUT2D eigenvalue weighted by atomic mass is 9.50. The highest BCUT2D eigenvalue weighted by Crippen LogP contribution is 2.64. The molecule has 16 aliphatic carbocycles. The Labute approximate surface area is 615 Å². The molecule has 16 fully saturated rings. The Hall–Kier alpha value is -0.320. The minimum absolute atomic E-state index is 0.359. The third-order valence-corrected chi connectivity index (χ3v) is 29.7. The molecule has 0 aromatic rings. The summed E-state index contributed by atoms with van der Waals surface area (Å²) in [5.41, 5.74) is 4.06. The van der Waals surface area contributed by atoms with Crippen LogP contribution >= 0.6 is 0 Å². The van der Waals surface area contributed by atoms with E-state index in [9.17, 15) is 0 Å². The first-order valence-electron chi connectivity index (χ1n) is 43.6. The van der Waals surface area contributed by atoms with Crippen LogP contribution in [-0.2, 0) is 37.9 Å². The Bertz CT molecular complexity index is 2130. The van der Waals surface area contributed by atoms with Crippen LogP contribution in [-0.4, -0.2) is 103 Å². The Balaban J connectivity index is 0.000000159. The van der Waals surface area contributed by atoms with Crippen LogP contribution in [0.15, 0.2) is 0 Å². The molecule has 0 N–H and O–H groups in total. The lowest BCUT2D eigenvalue weighted by Gasteiger charge is -2.56. The number of fused-ring (bicyclic) bond motifs is 4. The molecule has 0 spiro atoms. The highest BCUT2D eigenvalue weighted by Gasteiger charge is 2.60. The predicted molar refractivity (Wildman–Crippen MR) is 419 cm³/mol. The first-order valence-corrected chi connectivity index (χ1v) is 43.6. The molecule has 99 heavy (non-hydrogen) atoms. The minimum Gasteiger partial charge on any atom is -0.381 e. The van der Waals surface area contributed by atoms with Crippen molar-refractivity contribution in [1.82, 2.24) is 0 Å². The van der Waals surface area contributed by atoms with Gasteiger partial charge in [-0.05, 0) is 337 Å². The first-order chi connectivity index (χ1) is 46.8. The zero-order valence-electron chi connectivity index (χ0n) is 70.1. The number of hydrogen-bond donors (Lipinski definition) is 0. The molecule has 16 saturated carbocycles. The molecule has 16 rings (SSSR count). The molecule has 0 aromatic carbocycles. The molecule has 0 radical (unpaired) electrons. The van der Waals surface area contributed by atoms with Crippen molar-refractivity contribution < 1.29 is 37.9 Å². The fraction of sp³-hybridized carbons (Fsp3) is 1.00. The van der Waals surface area contributed by atoms with Crippen LogP contribution in [0.5, 0.6) is 0 Å². The summed E-state index contributed by atoms with van der Waals surface area (Å²) in [4.78, 5) is 0. The van der Waals surface area contributed by atoms with E-state index in [1.165, 1.54) is 186 Å². The average Bonchev–Trinajstić information content (AvgIpc) is 1.58. The topological polar surface area (TPSA) is 73.8 Å². The third-order valence-electron chi connectivity index (χ3n) is 29.7. The van der Waals surface area contributed by atoms with Crippen LogP contribution in [0.3, 0.4) is 0 Å². The molecule has 16 aliphatic rings. The molecule has 0 saturated heterocycles. The van der Waals surface area contributed by atoms with Crippen molar-refractivity contribution >= 4 is 0 Å². The summed E-state index contributed by atoms with van der Waals surface area (Å²) in [5, 5.41) is 0. The van der Waals surface area contributed by atoms with Crippen LogP contribution in [0.1, 0.15) is 364 Å². The van der Waals surface area contributed by atoms with Crippen LogP contribution in [0.4, 0.5) is 0 Å². The predicted octanol–water partition coefficient (Wildman–Crippen LogP) is 25.0. The summed E-state index contributed by atoms with van der Waals surface area (Å²) in [6, 6.07) is 0. The molecule has 582 valence electrons. The zero-order valence-corrected chi connectivity index (χ0v) is 70.1. The van der Waals surface area contributed by atoms with Gasteiger partial charge in [-0.3, -0.25) is 0 Å². The molecule has 0 heterocycles. The SMILES string of the molecule is CCOC(C)C1CCCCC1.CCOC1C(C)(C)CCC1(C)C.CCOC1C(C)(C)CCCC1(C)C.CCOC1C2(C)CCC(C2)C1(C)C.CCOC1C2CC3CC(C2)CC1C3.CCOCC1(C)CC2CCC1C2.CCOCC1(C)CCCCC1.CCOCC12CC3CC(CC(C3)C1)C2. The average molecular weight is 1390 g/mol. The molecular weight excluding hydrogens is 1220 g/mol. The second kappa shape index (κ2) is 38.7. The maximum atomic E-state index is 5.96. The summed E-state index contributed by atoms with van der Waals surface area (Å²) >= 11 is 0. The van der Waals surface area contributed by atoms with Gasteiger partial charge in [0.25, 0.3) is 0 Å². The van der Waals surface area contributed by atoms with Gasteiger partial charge in [-0.1, -0.05) is 141 Å². The van der Waals surface area contributed by atoms with Gasteiger partial charge in [0.2, 0.25) is 0 Å². The van der Waals surface area contributed by atoms with E-state index in [1.54, 1.807) is 25.7 Å². The van der Waals surface area contributed by atoms with Crippen molar-refractivity contribution in [2.45, 2.75) is 395 Å². The highest BCUT2D eigenvalue weighted by molar-refractivity contribution is 5.10. The van der Waals surface area contributed by atoms with Gasteiger partial charge in [0.15, 0.2) is 0 Å². The van der Waals surface area contributed by atoms with E-state index >= 15 is 0 Å². The normalized spacial score (nSPS) is 37.9. The fourth-order valence-electron chi connectivity index (χ4n) is 25.6. The largest absolute Gasteiger partial charge is 0.381 e. The molecule has 0 aliphatic heterocycles. The van der Waals surface area contributed by atoms with Crippen LogP contribution in [0.25, 0.3) is 0 Å². The van der Waals surface area contributed by atoms with Crippen molar-refractivity contribution in [2.24, 2.45) is 114 Å². The number of ether oxygens (including phenoxy) is 8. The Morgan fingerprint density at radius 2 is 0.788 bits per heavy atom. The standard InChI is InChI=1S/C13H22O.C12H20O.C12H22O.C12H24O.C11H20O.C11H22O.2C10H20O/c1-2-14-9-13-6-10-3-11(7-13)5-12(4-10)8-13;1-2-13-12-10-4-8-3-9(6-10)7-11(12)5-8;1-5-13-10-11(2,3)9-6-7-12(10,4)8-9;1-6-13-10-11(2,3)8-7-9-12(10,4)5;1-3-12-8-11(2)7-9-4-5-10(11)6-9;1-6-12-9-10(2,3)7-8-11(9,4)5;1-3-11-9-10(2)7-5-4-6-8-10;1-3-11-9(2)10-7-5-4-6-8-10/h10-12H,2-9H2,1H3;8-12H,2-7H2,1H3;9-10H,5-8H2,1-4H3;10H,6-9H2,1-5H3;9-10H,3-8H2,1-2H3;9H,6-8H2,1-5H3;3-9H2,1-2H3;9-10H,3-8H2,1-2H3. The molecule has 7 unspecified atom stereocenters. The van der Waals surface area contributed by atoms with E-state index < -0.39 is 0 Å². The van der Waals surface area contributed by atoms with Crippen molar-refractivity contribution in [3.63, 3.8) is 0 Å². The van der Waals surface area contributed by atoms with Crippen molar-refractivity contribution in [3.05, 3.63) is 0 Å². The van der Waals surface area contributed by atoms with Gasteiger partial charge in [0.05, 0.1) is 50.3 Å². The summed E-state index contributed by atoms with van der Waals surface area (Å²) in [6.45, 7) is 59.7. The van der Waals surface area contributed by atoms with Crippen LogP contribution in [0.2, 0.25) is 0 Å².